The number of carbonyl (C=O) groups is 1. The molecule has 70 valence electrons. The standard InChI is InChI=1S/C8H8BrNO3/c1-13-8(12)3-7-6(9)2-5(11)4-10-7/h2,4,11H,3H2,1H3. The molecule has 13 heavy (non-hydrogen) atoms. The smallest absolute Gasteiger partial charge is 0.311 e. The van der Waals surface area contributed by atoms with E-state index in [2.05, 4.69) is 25.7 Å². The number of esters is 1. The minimum Gasteiger partial charge on any atom is -0.506 e. The molecule has 5 heteroatoms. The first-order chi connectivity index (χ1) is 6.13. The summed E-state index contributed by atoms with van der Waals surface area (Å²) in [6.45, 7) is 0. The van der Waals surface area contributed by atoms with Crippen LogP contribution in [0, 0.1) is 0 Å². The number of ether oxygens (including phenoxy) is 1. The van der Waals surface area contributed by atoms with Crippen LogP contribution in [0.15, 0.2) is 16.7 Å². The van der Waals surface area contributed by atoms with E-state index < -0.39 is 0 Å². The van der Waals surface area contributed by atoms with Gasteiger partial charge < -0.3 is 9.84 Å². The molecule has 1 heterocycles. The van der Waals surface area contributed by atoms with E-state index in [1.165, 1.54) is 19.4 Å². The summed E-state index contributed by atoms with van der Waals surface area (Å²) in [4.78, 5) is 14.7. The van der Waals surface area contributed by atoms with Gasteiger partial charge in [0, 0.05) is 4.47 Å². The lowest BCUT2D eigenvalue weighted by molar-refractivity contribution is -0.139. The number of aromatic hydroxyl groups is 1. The number of rotatable bonds is 2. The first-order valence-corrected chi connectivity index (χ1v) is 4.33. The predicted molar refractivity (Wildman–Crippen MR) is 49.3 cm³/mol. The van der Waals surface area contributed by atoms with Crippen molar-refractivity contribution in [2.45, 2.75) is 6.42 Å². The maximum absolute atomic E-state index is 10.9. The highest BCUT2D eigenvalue weighted by Gasteiger charge is 2.08. The maximum Gasteiger partial charge on any atom is 0.311 e. The fourth-order valence-corrected chi connectivity index (χ4v) is 1.27. The molecule has 0 aromatic carbocycles. The van der Waals surface area contributed by atoms with Crippen molar-refractivity contribution >= 4 is 21.9 Å². The molecule has 0 aliphatic carbocycles. The molecule has 1 N–H and O–H groups in total. The van der Waals surface area contributed by atoms with Gasteiger partial charge >= 0.3 is 5.97 Å². The SMILES string of the molecule is COC(=O)Cc1ncc(O)cc1Br. The van der Waals surface area contributed by atoms with E-state index in [9.17, 15) is 4.79 Å². The van der Waals surface area contributed by atoms with Crippen LogP contribution < -0.4 is 0 Å². The zero-order valence-electron chi connectivity index (χ0n) is 6.95. The largest absolute Gasteiger partial charge is 0.506 e. The molecule has 0 aliphatic heterocycles. The van der Waals surface area contributed by atoms with Gasteiger partial charge in [0.05, 0.1) is 25.4 Å². The number of aromatic nitrogens is 1. The van der Waals surface area contributed by atoms with Crippen LogP contribution in [0.2, 0.25) is 0 Å². The quantitative estimate of drug-likeness (QED) is 0.798. The summed E-state index contributed by atoms with van der Waals surface area (Å²) >= 11 is 3.17. The summed E-state index contributed by atoms with van der Waals surface area (Å²) in [5, 5.41) is 9.02. The van der Waals surface area contributed by atoms with E-state index in [0.717, 1.165) is 0 Å². The lowest BCUT2D eigenvalue weighted by atomic mass is 10.3. The van der Waals surface area contributed by atoms with Gasteiger partial charge in [-0.1, -0.05) is 0 Å². The van der Waals surface area contributed by atoms with Gasteiger partial charge in [-0.05, 0) is 22.0 Å². The second-order valence-corrected chi connectivity index (χ2v) is 3.23. The van der Waals surface area contributed by atoms with E-state index >= 15 is 0 Å². The Hall–Kier alpha value is -1.10. The van der Waals surface area contributed by atoms with Crippen molar-refractivity contribution in [3.8, 4) is 5.75 Å². The highest BCUT2D eigenvalue weighted by Crippen LogP contribution is 2.19. The molecule has 0 saturated carbocycles. The molecular formula is C8H8BrNO3. The molecule has 0 bridgehead atoms. The first-order valence-electron chi connectivity index (χ1n) is 3.53. The number of hydrogen-bond donors (Lipinski definition) is 1. The fraction of sp³-hybridized carbons (Fsp3) is 0.250. The summed E-state index contributed by atoms with van der Waals surface area (Å²) in [6, 6.07) is 1.48. The Balaban J connectivity index is 2.83. The zero-order valence-corrected chi connectivity index (χ0v) is 8.54. The number of nitrogens with zero attached hydrogens (tertiary/aromatic N) is 1. The van der Waals surface area contributed by atoms with Gasteiger partial charge in [0.2, 0.25) is 0 Å². The van der Waals surface area contributed by atoms with Crippen molar-refractivity contribution in [3.63, 3.8) is 0 Å². The second kappa shape index (κ2) is 4.23. The van der Waals surface area contributed by atoms with Crippen molar-refractivity contribution in [2.75, 3.05) is 7.11 Å². The number of halogens is 1. The summed E-state index contributed by atoms with van der Waals surface area (Å²) in [6.07, 6.45) is 1.38. The molecule has 0 fully saturated rings. The fourth-order valence-electron chi connectivity index (χ4n) is 0.795. The van der Waals surface area contributed by atoms with E-state index in [1.807, 2.05) is 0 Å². The van der Waals surface area contributed by atoms with Crippen LogP contribution in [0.3, 0.4) is 0 Å². The summed E-state index contributed by atoms with van der Waals surface area (Å²) in [5.41, 5.74) is 0.546. The first kappa shape index (κ1) is 9.98. The normalized spacial score (nSPS) is 9.69. The van der Waals surface area contributed by atoms with Crippen LogP contribution in [-0.4, -0.2) is 23.2 Å². The highest BCUT2D eigenvalue weighted by atomic mass is 79.9. The van der Waals surface area contributed by atoms with Crippen molar-refractivity contribution in [1.82, 2.24) is 4.98 Å². The molecule has 1 aromatic rings. The van der Waals surface area contributed by atoms with Crippen LogP contribution in [0.4, 0.5) is 0 Å². The molecule has 0 atom stereocenters. The number of pyridine rings is 1. The Bertz CT molecular complexity index is 327. The lowest BCUT2D eigenvalue weighted by Gasteiger charge is -2.01. The molecule has 4 nitrogen and oxygen atoms in total. The second-order valence-electron chi connectivity index (χ2n) is 2.37. The third-order valence-electron chi connectivity index (χ3n) is 1.44. The highest BCUT2D eigenvalue weighted by molar-refractivity contribution is 9.10. The molecule has 0 spiro atoms. The Labute approximate surface area is 83.7 Å². The Morgan fingerprint density at radius 1 is 1.77 bits per heavy atom. The van der Waals surface area contributed by atoms with Gasteiger partial charge in [0.15, 0.2) is 0 Å². The van der Waals surface area contributed by atoms with E-state index in [1.54, 1.807) is 0 Å². The lowest BCUT2D eigenvalue weighted by Crippen LogP contribution is -2.06. The Kier molecular flexibility index (Phi) is 3.25. The van der Waals surface area contributed by atoms with Crippen molar-refractivity contribution in [3.05, 3.63) is 22.4 Å². The van der Waals surface area contributed by atoms with E-state index in [0.29, 0.717) is 10.2 Å². The summed E-state index contributed by atoms with van der Waals surface area (Å²) < 4.78 is 5.07. The molecular weight excluding hydrogens is 238 g/mol. The van der Waals surface area contributed by atoms with Crippen LogP contribution in [0.5, 0.6) is 5.75 Å². The predicted octanol–water partition coefficient (Wildman–Crippen LogP) is 1.27. The topological polar surface area (TPSA) is 59.4 Å². The minimum absolute atomic E-state index is 0.0560. The van der Waals surface area contributed by atoms with Gasteiger partial charge in [-0.15, -0.1) is 0 Å². The van der Waals surface area contributed by atoms with Gasteiger partial charge in [0.25, 0.3) is 0 Å². The van der Waals surface area contributed by atoms with Crippen LogP contribution in [0.25, 0.3) is 0 Å². The monoisotopic (exact) mass is 245 g/mol. The van der Waals surface area contributed by atoms with Crippen molar-refractivity contribution in [1.29, 1.82) is 0 Å². The molecule has 0 saturated heterocycles. The molecule has 1 rings (SSSR count). The number of carbonyl (C=O) groups excluding carboxylic acids is 1. The Morgan fingerprint density at radius 3 is 3.00 bits per heavy atom. The molecule has 0 amide bonds. The van der Waals surface area contributed by atoms with Gasteiger partial charge in [-0.2, -0.15) is 0 Å². The van der Waals surface area contributed by atoms with E-state index in [4.69, 9.17) is 5.11 Å². The average molecular weight is 246 g/mol. The maximum atomic E-state index is 10.9. The molecule has 0 unspecified atom stereocenters. The van der Waals surface area contributed by atoms with Crippen molar-refractivity contribution in [2.24, 2.45) is 0 Å². The van der Waals surface area contributed by atoms with Gasteiger partial charge in [-0.25, -0.2) is 0 Å². The molecule has 0 radical (unpaired) electrons. The summed E-state index contributed by atoms with van der Waals surface area (Å²) in [5.74, 6) is -0.306. The van der Waals surface area contributed by atoms with E-state index in [-0.39, 0.29) is 18.1 Å². The zero-order chi connectivity index (χ0) is 9.84. The van der Waals surface area contributed by atoms with Crippen LogP contribution in [0.1, 0.15) is 5.69 Å². The average Bonchev–Trinajstić information content (AvgIpc) is 2.09. The number of methoxy groups -OCH3 is 1. The third-order valence-corrected chi connectivity index (χ3v) is 2.13. The van der Waals surface area contributed by atoms with Crippen molar-refractivity contribution < 1.29 is 14.6 Å². The third kappa shape index (κ3) is 2.69. The van der Waals surface area contributed by atoms with Crippen LogP contribution >= 0.6 is 15.9 Å². The van der Waals surface area contributed by atoms with Gasteiger partial charge in [0.1, 0.15) is 5.75 Å². The summed E-state index contributed by atoms with van der Waals surface area (Å²) in [7, 11) is 1.32. The molecule has 1 aromatic heterocycles. The number of hydrogen-bond acceptors (Lipinski definition) is 4. The minimum atomic E-state index is -0.362. The molecule has 0 aliphatic rings. The van der Waals surface area contributed by atoms with Gasteiger partial charge in [-0.3, -0.25) is 9.78 Å². The van der Waals surface area contributed by atoms with Crippen LogP contribution in [-0.2, 0) is 16.0 Å². The Morgan fingerprint density at radius 2 is 2.46 bits per heavy atom.